The van der Waals surface area contributed by atoms with Crippen LogP contribution in [0.2, 0.25) is 10.0 Å². The van der Waals surface area contributed by atoms with Gasteiger partial charge in [0.1, 0.15) is 0 Å². The predicted octanol–water partition coefficient (Wildman–Crippen LogP) is 3.54. The number of carbonyl (C=O) groups is 1. The molecule has 8 heteroatoms. The molecular formula is C22H26Cl2N4O2. The van der Waals surface area contributed by atoms with E-state index < -0.39 is 5.41 Å². The molecule has 1 N–H and O–H groups in total. The minimum Gasteiger partial charge on any atom is -0.379 e. The highest BCUT2D eigenvalue weighted by Crippen LogP contribution is 2.67. The van der Waals surface area contributed by atoms with Crippen LogP contribution in [-0.4, -0.2) is 60.2 Å². The van der Waals surface area contributed by atoms with Crippen LogP contribution in [-0.2, 0) is 14.9 Å². The SMILES string of the molecule is CC1(C)C2CCC1(C(=O)NCCN1CCOCC1)c1nc3cc(Cl)c(Cl)cc3nc12. The first kappa shape index (κ1) is 20.4. The first-order valence-electron chi connectivity index (χ1n) is 10.6. The minimum atomic E-state index is -0.661. The Morgan fingerprint density at radius 3 is 2.57 bits per heavy atom. The summed E-state index contributed by atoms with van der Waals surface area (Å²) in [6.45, 7) is 9.17. The van der Waals surface area contributed by atoms with Crippen molar-refractivity contribution in [1.29, 1.82) is 0 Å². The maximum absolute atomic E-state index is 13.6. The predicted molar refractivity (Wildman–Crippen MR) is 117 cm³/mol. The molecule has 2 aromatic rings. The number of halogens is 2. The van der Waals surface area contributed by atoms with Gasteiger partial charge in [0, 0.05) is 32.1 Å². The summed E-state index contributed by atoms with van der Waals surface area (Å²) >= 11 is 12.4. The summed E-state index contributed by atoms with van der Waals surface area (Å²) in [5.74, 6) is 0.277. The average Bonchev–Trinajstić information content (AvgIpc) is 3.09. The first-order chi connectivity index (χ1) is 14.3. The number of benzene rings is 1. The van der Waals surface area contributed by atoms with Crippen molar-refractivity contribution in [3.8, 4) is 0 Å². The molecule has 2 bridgehead atoms. The van der Waals surface area contributed by atoms with Crippen LogP contribution in [0, 0.1) is 5.41 Å². The summed E-state index contributed by atoms with van der Waals surface area (Å²) < 4.78 is 5.40. The second-order valence-corrected chi connectivity index (χ2v) is 9.96. The third kappa shape index (κ3) is 2.88. The second kappa shape index (κ2) is 7.30. The molecule has 160 valence electrons. The molecule has 0 radical (unpaired) electrons. The van der Waals surface area contributed by atoms with Gasteiger partial charge in [0.15, 0.2) is 0 Å². The minimum absolute atomic E-state index is 0.0655. The normalized spacial score (nSPS) is 27.4. The van der Waals surface area contributed by atoms with Crippen LogP contribution >= 0.6 is 23.2 Å². The third-order valence-corrected chi connectivity index (χ3v) is 8.17. The summed E-state index contributed by atoms with van der Waals surface area (Å²) in [5, 5.41) is 4.14. The van der Waals surface area contributed by atoms with E-state index in [0.29, 0.717) is 22.1 Å². The molecule has 1 aromatic heterocycles. The molecule has 1 saturated heterocycles. The second-order valence-electron chi connectivity index (χ2n) is 9.14. The number of aromatic nitrogens is 2. The van der Waals surface area contributed by atoms with Crippen molar-refractivity contribution < 1.29 is 9.53 Å². The molecule has 1 amide bonds. The van der Waals surface area contributed by atoms with Crippen molar-refractivity contribution in [3.63, 3.8) is 0 Å². The Morgan fingerprint density at radius 2 is 1.87 bits per heavy atom. The van der Waals surface area contributed by atoms with Crippen LogP contribution in [0.5, 0.6) is 0 Å². The van der Waals surface area contributed by atoms with E-state index in [1.807, 2.05) is 0 Å². The molecule has 1 saturated carbocycles. The average molecular weight is 449 g/mol. The van der Waals surface area contributed by atoms with Gasteiger partial charge >= 0.3 is 0 Å². The van der Waals surface area contributed by atoms with Crippen LogP contribution < -0.4 is 5.32 Å². The number of hydrogen-bond acceptors (Lipinski definition) is 5. The fourth-order valence-electron chi connectivity index (χ4n) is 5.68. The van der Waals surface area contributed by atoms with Gasteiger partial charge in [-0.15, -0.1) is 0 Å². The zero-order valence-electron chi connectivity index (χ0n) is 17.3. The van der Waals surface area contributed by atoms with Crippen molar-refractivity contribution in [2.75, 3.05) is 39.4 Å². The van der Waals surface area contributed by atoms with Gasteiger partial charge < -0.3 is 10.1 Å². The van der Waals surface area contributed by atoms with E-state index in [4.69, 9.17) is 37.9 Å². The van der Waals surface area contributed by atoms with Gasteiger partial charge in [0.25, 0.3) is 0 Å². The molecule has 1 aliphatic heterocycles. The van der Waals surface area contributed by atoms with E-state index in [0.717, 1.165) is 62.6 Å². The summed E-state index contributed by atoms with van der Waals surface area (Å²) in [7, 11) is 0. The van der Waals surface area contributed by atoms with Gasteiger partial charge in [-0.2, -0.15) is 0 Å². The Bertz CT molecular complexity index is 1020. The zero-order chi connectivity index (χ0) is 21.1. The van der Waals surface area contributed by atoms with Crippen molar-refractivity contribution in [2.45, 2.75) is 38.0 Å². The molecule has 3 aliphatic rings. The van der Waals surface area contributed by atoms with Gasteiger partial charge in [-0.3, -0.25) is 9.69 Å². The topological polar surface area (TPSA) is 67.4 Å². The van der Waals surface area contributed by atoms with Crippen LogP contribution in [0.15, 0.2) is 12.1 Å². The van der Waals surface area contributed by atoms with Crippen LogP contribution in [0.3, 0.4) is 0 Å². The molecule has 2 fully saturated rings. The van der Waals surface area contributed by atoms with Gasteiger partial charge in [0.05, 0.1) is 51.1 Å². The lowest BCUT2D eigenvalue weighted by Gasteiger charge is -2.36. The number of carbonyl (C=O) groups excluding carboxylic acids is 1. The lowest BCUT2D eigenvalue weighted by molar-refractivity contribution is -0.130. The highest BCUT2D eigenvalue weighted by molar-refractivity contribution is 6.42. The maximum atomic E-state index is 13.6. The largest absolute Gasteiger partial charge is 0.379 e. The van der Waals surface area contributed by atoms with Crippen molar-refractivity contribution in [1.82, 2.24) is 20.2 Å². The van der Waals surface area contributed by atoms with E-state index in [1.165, 1.54) is 0 Å². The number of morpholine rings is 1. The van der Waals surface area contributed by atoms with Gasteiger partial charge in [-0.1, -0.05) is 37.0 Å². The van der Waals surface area contributed by atoms with Crippen LogP contribution in [0.1, 0.15) is 44.0 Å². The van der Waals surface area contributed by atoms with E-state index in [-0.39, 0.29) is 17.2 Å². The molecule has 2 unspecified atom stereocenters. The first-order valence-corrected chi connectivity index (χ1v) is 11.4. The van der Waals surface area contributed by atoms with Crippen LogP contribution in [0.25, 0.3) is 11.0 Å². The van der Waals surface area contributed by atoms with Gasteiger partial charge in [-0.25, -0.2) is 9.97 Å². The Kier molecular flexibility index (Phi) is 4.97. The number of hydrogen-bond donors (Lipinski definition) is 1. The van der Waals surface area contributed by atoms with Crippen molar-refractivity contribution in [3.05, 3.63) is 33.6 Å². The molecule has 30 heavy (non-hydrogen) atoms. The molecule has 1 aromatic carbocycles. The molecule has 2 atom stereocenters. The van der Waals surface area contributed by atoms with E-state index in [1.54, 1.807) is 12.1 Å². The number of amides is 1. The highest BCUT2D eigenvalue weighted by Gasteiger charge is 2.67. The fourth-order valence-corrected chi connectivity index (χ4v) is 6.00. The molecule has 2 heterocycles. The smallest absolute Gasteiger partial charge is 0.232 e. The quantitative estimate of drug-likeness (QED) is 0.774. The zero-order valence-corrected chi connectivity index (χ0v) is 18.8. The number of nitrogens with one attached hydrogen (secondary N) is 1. The summed E-state index contributed by atoms with van der Waals surface area (Å²) in [6, 6.07) is 3.51. The summed E-state index contributed by atoms with van der Waals surface area (Å²) in [5.41, 5.74) is 2.27. The number of rotatable bonds is 4. The van der Waals surface area contributed by atoms with E-state index in [9.17, 15) is 4.79 Å². The molecule has 5 rings (SSSR count). The summed E-state index contributed by atoms with van der Waals surface area (Å²) in [4.78, 5) is 25.8. The molecule has 6 nitrogen and oxygen atoms in total. The Balaban J connectivity index is 1.47. The van der Waals surface area contributed by atoms with Gasteiger partial charge in [-0.05, 0) is 30.4 Å². The van der Waals surface area contributed by atoms with Crippen molar-refractivity contribution in [2.24, 2.45) is 5.41 Å². The standard InChI is InChI=1S/C22H26Cl2N4O2/c1-21(2)13-3-4-22(21,20(29)25-5-6-28-7-9-30-10-8-28)19-18(13)26-16-11-14(23)15(24)12-17(16)27-19/h11-13H,3-10H2,1-2H3,(H,25,29). The maximum Gasteiger partial charge on any atom is 0.232 e. The van der Waals surface area contributed by atoms with Crippen LogP contribution in [0.4, 0.5) is 0 Å². The molecule has 2 aliphatic carbocycles. The summed E-state index contributed by atoms with van der Waals surface area (Å²) in [6.07, 6.45) is 1.74. The van der Waals surface area contributed by atoms with E-state index >= 15 is 0 Å². The van der Waals surface area contributed by atoms with Gasteiger partial charge in [0.2, 0.25) is 5.91 Å². The Labute approximate surface area is 186 Å². The fraction of sp³-hybridized carbons (Fsp3) is 0.591. The monoisotopic (exact) mass is 448 g/mol. The highest BCUT2D eigenvalue weighted by atomic mass is 35.5. The lowest BCUT2D eigenvalue weighted by atomic mass is 9.67. The number of ether oxygens (including phenoxy) is 1. The lowest BCUT2D eigenvalue weighted by Crippen LogP contribution is -2.51. The van der Waals surface area contributed by atoms with E-state index in [2.05, 4.69) is 24.1 Å². The molecule has 0 spiro atoms. The number of fused-ring (bicyclic) bond motifs is 6. The Hall–Kier alpha value is -1.47. The Morgan fingerprint density at radius 1 is 1.20 bits per heavy atom. The third-order valence-electron chi connectivity index (χ3n) is 7.45. The number of nitrogens with zero attached hydrogens (tertiary/aromatic N) is 3. The molecular weight excluding hydrogens is 423 g/mol. The van der Waals surface area contributed by atoms with Crippen molar-refractivity contribution >= 4 is 40.1 Å².